The van der Waals surface area contributed by atoms with Crippen LogP contribution in [0.5, 0.6) is 0 Å². The average Bonchev–Trinajstić information content (AvgIpc) is 3.66. The van der Waals surface area contributed by atoms with Gasteiger partial charge >= 0.3 is 0 Å². The number of benzene rings is 1. The Balaban J connectivity index is 1.20. The van der Waals surface area contributed by atoms with Gasteiger partial charge in [0.2, 0.25) is 0 Å². The molecule has 1 atom stereocenters. The predicted molar refractivity (Wildman–Crippen MR) is 145 cm³/mol. The van der Waals surface area contributed by atoms with Crippen LogP contribution in [0.1, 0.15) is 77.4 Å². The first-order valence-corrected chi connectivity index (χ1v) is 15.3. The minimum Gasteiger partial charge on any atom is -0.387 e. The fourth-order valence-electron chi connectivity index (χ4n) is 4.83. The second kappa shape index (κ2) is 12.1. The number of rotatable bonds is 9. The summed E-state index contributed by atoms with van der Waals surface area (Å²) >= 11 is 7.83. The molecular formula is C25H24ClF4N5O4S2. The number of thiazole rings is 1. The second-order valence-electron chi connectivity index (χ2n) is 9.59. The zero-order valence-electron chi connectivity index (χ0n) is 21.2. The lowest BCUT2D eigenvalue weighted by atomic mass is 9.97. The summed E-state index contributed by atoms with van der Waals surface area (Å²) in [6.07, 6.45) is -1.86. The largest absolute Gasteiger partial charge is 0.387 e. The molecule has 0 radical (unpaired) electrons. The van der Waals surface area contributed by atoms with E-state index in [2.05, 4.69) is 10.3 Å². The Morgan fingerprint density at radius 2 is 1.93 bits per heavy atom. The van der Waals surface area contributed by atoms with Crippen LogP contribution in [0.15, 0.2) is 41.0 Å². The summed E-state index contributed by atoms with van der Waals surface area (Å²) in [5.74, 6) is -0.437. The summed E-state index contributed by atoms with van der Waals surface area (Å²) in [7, 11) is -4.28. The average molecular weight is 634 g/mol. The van der Waals surface area contributed by atoms with E-state index in [9.17, 15) is 30.5 Å². The van der Waals surface area contributed by atoms with Crippen LogP contribution >= 0.6 is 22.9 Å². The van der Waals surface area contributed by atoms with Gasteiger partial charge in [0.25, 0.3) is 23.0 Å². The maximum atomic E-state index is 13.2. The Morgan fingerprint density at radius 3 is 2.61 bits per heavy atom. The lowest BCUT2D eigenvalue weighted by Crippen LogP contribution is -2.28. The zero-order chi connectivity index (χ0) is 29.3. The Labute approximate surface area is 241 Å². The highest BCUT2D eigenvalue weighted by molar-refractivity contribution is 7.85. The van der Waals surface area contributed by atoms with E-state index in [0.717, 1.165) is 22.5 Å². The van der Waals surface area contributed by atoms with Crippen LogP contribution in [0.4, 0.5) is 17.6 Å². The van der Waals surface area contributed by atoms with E-state index in [4.69, 9.17) is 21.4 Å². The number of hydrogen-bond donors (Lipinski definition) is 1. The topological polar surface area (TPSA) is 110 Å². The van der Waals surface area contributed by atoms with Gasteiger partial charge in [-0.05, 0) is 30.5 Å². The summed E-state index contributed by atoms with van der Waals surface area (Å²) in [6.45, 7) is 1.22. The lowest BCUT2D eigenvalue weighted by molar-refractivity contribution is 0.0853. The quantitative estimate of drug-likeness (QED) is 0.214. The first-order chi connectivity index (χ1) is 19.5. The number of alkyl halides is 4. The highest BCUT2D eigenvalue weighted by Gasteiger charge is 2.31. The molecule has 1 aromatic carbocycles. The third-order valence-corrected chi connectivity index (χ3v) is 8.83. The minimum absolute atomic E-state index is 0.161. The normalized spacial score (nSPS) is 18.6. The van der Waals surface area contributed by atoms with E-state index in [0.29, 0.717) is 53.1 Å². The van der Waals surface area contributed by atoms with Gasteiger partial charge in [-0.15, -0.1) is 11.3 Å². The van der Waals surface area contributed by atoms with E-state index in [1.165, 1.54) is 17.5 Å². The van der Waals surface area contributed by atoms with Crippen molar-refractivity contribution in [3.8, 4) is 0 Å². The molecule has 16 heteroatoms. The standard InChI is InChI=1S/C25H24ClF4N5O4S2/c26-16-3-1-2-15(13-41(36,37)38)22(16)21-11-17(33-39-21)19-12-40-25(31-19)14-4-6-34(7-5-14)8-9-35-20(24(29)30)10-18(32-35)23(27)28/h1-3,8-10,12,14,21,23-24H,4-7,11,13H2,(H,36,37,38)/t21-/m0/s1. The van der Waals surface area contributed by atoms with Crippen molar-refractivity contribution < 1.29 is 35.4 Å². The van der Waals surface area contributed by atoms with Crippen molar-refractivity contribution in [3.05, 3.63) is 74.1 Å². The third-order valence-electron chi connectivity index (χ3n) is 6.82. The SMILES string of the molecule is O=S(=O)(O)Cc1cccc(Cl)c1[C@@H]1CC(c2csc(C3CCN(C=Cn4nc(C(F)F)cc4C(F)F)CC3)n2)=NO1. The molecule has 5 rings (SSSR count). The highest BCUT2D eigenvalue weighted by Crippen LogP contribution is 2.38. The van der Waals surface area contributed by atoms with Crippen LogP contribution in [0.3, 0.4) is 0 Å². The van der Waals surface area contributed by atoms with E-state index >= 15 is 0 Å². The molecule has 9 nitrogen and oxygen atoms in total. The molecular weight excluding hydrogens is 610 g/mol. The smallest absolute Gasteiger partial charge is 0.282 e. The van der Waals surface area contributed by atoms with Gasteiger partial charge in [-0.2, -0.15) is 13.5 Å². The Morgan fingerprint density at radius 1 is 1.17 bits per heavy atom. The summed E-state index contributed by atoms with van der Waals surface area (Å²) in [6, 6.07) is 5.48. The van der Waals surface area contributed by atoms with Crippen molar-refractivity contribution in [2.24, 2.45) is 5.16 Å². The van der Waals surface area contributed by atoms with Crippen LogP contribution < -0.4 is 0 Å². The Hall–Kier alpha value is -3.01. The molecule has 0 saturated carbocycles. The van der Waals surface area contributed by atoms with Gasteiger partial charge in [-0.1, -0.05) is 28.9 Å². The van der Waals surface area contributed by atoms with E-state index < -0.39 is 46.2 Å². The first kappa shape index (κ1) is 29.5. The molecule has 2 aliphatic heterocycles. The maximum Gasteiger partial charge on any atom is 0.282 e. The van der Waals surface area contributed by atoms with Gasteiger partial charge in [-0.25, -0.2) is 27.2 Å². The van der Waals surface area contributed by atoms with Crippen molar-refractivity contribution in [1.82, 2.24) is 19.7 Å². The Kier molecular flexibility index (Phi) is 8.68. The van der Waals surface area contributed by atoms with Crippen LogP contribution in [-0.2, 0) is 20.7 Å². The van der Waals surface area contributed by atoms with Crippen molar-refractivity contribution in [1.29, 1.82) is 0 Å². The summed E-state index contributed by atoms with van der Waals surface area (Å²) in [5, 5.41) is 10.8. The molecule has 0 amide bonds. The molecule has 0 bridgehead atoms. The zero-order valence-corrected chi connectivity index (χ0v) is 23.6. The summed E-state index contributed by atoms with van der Waals surface area (Å²) in [4.78, 5) is 12.3. The van der Waals surface area contributed by atoms with Crippen molar-refractivity contribution in [2.45, 2.75) is 49.9 Å². The Bertz CT molecular complexity index is 1570. The van der Waals surface area contributed by atoms with Gasteiger partial charge in [-0.3, -0.25) is 4.55 Å². The molecule has 2 aromatic heterocycles. The minimum atomic E-state index is -4.28. The molecule has 3 aromatic rings. The van der Waals surface area contributed by atoms with Gasteiger partial charge in [0.05, 0.1) is 10.7 Å². The van der Waals surface area contributed by atoms with Gasteiger partial charge in [0.15, 0.2) is 6.10 Å². The molecule has 2 aliphatic rings. The monoisotopic (exact) mass is 633 g/mol. The molecule has 0 aliphatic carbocycles. The summed E-state index contributed by atoms with van der Waals surface area (Å²) in [5.41, 5.74) is 0.722. The van der Waals surface area contributed by atoms with E-state index in [1.807, 2.05) is 10.3 Å². The van der Waals surface area contributed by atoms with Crippen LogP contribution in [0.25, 0.3) is 6.20 Å². The second-order valence-corrected chi connectivity index (χ2v) is 12.3. The van der Waals surface area contributed by atoms with Gasteiger partial charge in [0.1, 0.15) is 22.9 Å². The number of aromatic nitrogens is 3. The molecule has 1 fully saturated rings. The molecule has 1 saturated heterocycles. The van der Waals surface area contributed by atoms with E-state index in [-0.39, 0.29) is 5.92 Å². The van der Waals surface area contributed by atoms with Crippen molar-refractivity contribution in [2.75, 3.05) is 13.1 Å². The molecule has 0 spiro atoms. The molecule has 1 N–H and O–H groups in total. The number of nitrogens with zero attached hydrogens (tertiary/aromatic N) is 5. The molecule has 0 unspecified atom stereocenters. The molecule has 41 heavy (non-hydrogen) atoms. The predicted octanol–water partition coefficient (Wildman–Crippen LogP) is 6.43. The number of oxime groups is 1. The maximum absolute atomic E-state index is 13.2. The van der Waals surface area contributed by atoms with E-state index in [1.54, 1.807) is 24.4 Å². The molecule has 4 heterocycles. The fourth-order valence-corrected chi connectivity index (χ4v) is 6.79. The van der Waals surface area contributed by atoms with Crippen LogP contribution in [0, 0.1) is 0 Å². The fraction of sp³-hybridized carbons (Fsp3) is 0.400. The van der Waals surface area contributed by atoms with Gasteiger partial charge < -0.3 is 9.74 Å². The molecule has 220 valence electrons. The number of piperidine rings is 1. The van der Waals surface area contributed by atoms with Crippen molar-refractivity contribution in [3.63, 3.8) is 0 Å². The third kappa shape index (κ3) is 6.90. The number of halogens is 5. The number of hydrogen-bond acceptors (Lipinski definition) is 8. The first-order valence-electron chi connectivity index (χ1n) is 12.5. The van der Waals surface area contributed by atoms with Crippen molar-refractivity contribution >= 4 is 45.0 Å². The van der Waals surface area contributed by atoms with Gasteiger partial charge in [0, 0.05) is 53.8 Å². The van der Waals surface area contributed by atoms with Crippen LogP contribution in [-0.4, -0.2) is 51.4 Å². The summed E-state index contributed by atoms with van der Waals surface area (Å²) < 4.78 is 85.3. The highest BCUT2D eigenvalue weighted by atomic mass is 35.5. The number of likely N-dealkylation sites (tertiary alicyclic amines) is 1. The van der Waals surface area contributed by atoms with Crippen LogP contribution in [0.2, 0.25) is 5.02 Å². The lowest BCUT2D eigenvalue weighted by Gasteiger charge is -2.30.